The summed E-state index contributed by atoms with van der Waals surface area (Å²) in [5.74, 6) is -0.648. The number of aromatic nitrogens is 2. The fourth-order valence-electron chi connectivity index (χ4n) is 3.05. The molecule has 1 aliphatic heterocycles. The Labute approximate surface area is 153 Å². The van der Waals surface area contributed by atoms with Gasteiger partial charge in [-0.05, 0) is 26.2 Å². The van der Waals surface area contributed by atoms with Crippen LogP contribution in [0, 0.1) is 12.8 Å². The minimum Gasteiger partial charge on any atom is -0.369 e. The van der Waals surface area contributed by atoms with E-state index in [0.29, 0.717) is 44.7 Å². The molecule has 2 heterocycles. The van der Waals surface area contributed by atoms with Gasteiger partial charge in [-0.1, -0.05) is 6.92 Å². The van der Waals surface area contributed by atoms with Crippen LogP contribution in [-0.4, -0.2) is 63.7 Å². The van der Waals surface area contributed by atoms with E-state index in [4.69, 9.17) is 5.73 Å². The van der Waals surface area contributed by atoms with Gasteiger partial charge in [-0.2, -0.15) is 0 Å². The molecule has 0 bridgehead atoms. The molecule has 0 aliphatic carbocycles. The van der Waals surface area contributed by atoms with E-state index in [2.05, 4.69) is 9.97 Å². The Balaban J connectivity index is 1.89. The van der Waals surface area contributed by atoms with Gasteiger partial charge in [0.25, 0.3) is 5.91 Å². The van der Waals surface area contributed by atoms with Crippen molar-refractivity contribution in [3.63, 3.8) is 0 Å². The standard InChI is InChI=1S/C18H27N5O3/c1-3-7-23(18(26)15-12-20-13(2)11-21-15)10-6-16(24)22-8-4-14(5-9-22)17(19)25/h11-12,14H,3-10H2,1-2H3,(H2,19,25). The maximum Gasteiger partial charge on any atom is 0.274 e. The van der Waals surface area contributed by atoms with Crippen molar-refractivity contribution in [1.29, 1.82) is 0 Å². The SMILES string of the molecule is CCCN(CCC(=O)N1CCC(C(N)=O)CC1)C(=O)c1cnc(C)cn1. The molecule has 0 spiro atoms. The first-order chi connectivity index (χ1) is 12.4. The number of nitrogens with zero attached hydrogens (tertiary/aromatic N) is 4. The van der Waals surface area contributed by atoms with E-state index in [1.165, 1.54) is 6.20 Å². The van der Waals surface area contributed by atoms with Crippen LogP contribution in [0.2, 0.25) is 0 Å². The summed E-state index contributed by atoms with van der Waals surface area (Å²) in [6, 6.07) is 0. The fraction of sp³-hybridized carbons (Fsp3) is 0.611. The fourth-order valence-corrected chi connectivity index (χ4v) is 3.05. The number of amides is 3. The molecule has 2 rings (SSSR count). The molecule has 2 N–H and O–H groups in total. The number of rotatable bonds is 7. The molecule has 142 valence electrons. The first-order valence-corrected chi connectivity index (χ1v) is 9.07. The summed E-state index contributed by atoms with van der Waals surface area (Å²) in [6.45, 7) is 5.78. The average Bonchev–Trinajstić information content (AvgIpc) is 2.65. The molecule has 1 saturated heterocycles. The molecule has 1 aromatic rings. The lowest BCUT2D eigenvalue weighted by Crippen LogP contribution is -2.43. The maximum atomic E-state index is 12.6. The predicted octanol–water partition coefficient (Wildman–Crippen LogP) is 0.751. The second-order valence-corrected chi connectivity index (χ2v) is 6.64. The van der Waals surface area contributed by atoms with Crippen molar-refractivity contribution >= 4 is 17.7 Å². The van der Waals surface area contributed by atoms with Crippen molar-refractivity contribution in [1.82, 2.24) is 19.8 Å². The van der Waals surface area contributed by atoms with Crippen LogP contribution in [0.25, 0.3) is 0 Å². The van der Waals surface area contributed by atoms with Gasteiger partial charge in [0.2, 0.25) is 11.8 Å². The Morgan fingerprint density at radius 1 is 1.19 bits per heavy atom. The van der Waals surface area contributed by atoms with Gasteiger partial charge in [0.1, 0.15) is 5.69 Å². The first kappa shape index (κ1) is 19.8. The monoisotopic (exact) mass is 361 g/mol. The number of nitrogens with two attached hydrogens (primary N) is 1. The molecule has 0 aromatic carbocycles. The molecule has 8 nitrogen and oxygen atoms in total. The van der Waals surface area contributed by atoms with E-state index < -0.39 is 0 Å². The molecule has 8 heteroatoms. The van der Waals surface area contributed by atoms with Crippen LogP contribution < -0.4 is 5.73 Å². The van der Waals surface area contributed by atoms with Gasteiger partial charge >= 0.3 is 0 Å². The van der Waals surface area contributed by atoms with Crippen molar-refractivity contribution in [2.45, 2.75) is 39.5 Å². The largest absolute Gasteiger partial charge is 0.369 e. The number of likely N-dealkylation sites (tertiary alicyclic amines) is 1. The highest BCUT2D eigenvalue weighted by atomic mass is 16.2. The maximum absolute atomic E-state index is 12.6. The van der Waals surface area contributed by atoms with Gasteiger partial charge in [0.05, 0.1) is 11.9 Å². The molecule has 0 atom stereocenters. The van der Waals surface area contributed by atoms with Crippen molar-refractivity contribution in [2.24, 2.45) is 11.7 Å². The summed E-state index contributed by atoms with van der Waals surface area (Å²) in [6.07, 6.45) is 5.30. The summed E-state index contributed by atoms with van der Waals surface area (Å²) in [7, 11) is 0. The third-order valence-electron chi connectivity index (χ3n) is 4.63. The van der Waals surface area contributed by atoms with Gasteiger partial charge in [-0.3, -0.25) is 19.4 Å². The van der Waals surface area contributed by atoms with E-state index in [9.17, 15) is 14.4 Å². The van der Waals surface area contributed by atoms with Crippen molar-refractivity contribution in [3.8, 4) is 0 Å². The van der Waals surface area contributed by atoms with Gasteiger partial charge < -0.3 is 15.5 Å². The normalized spacial score (nSPS) is 14.9. The molecule has 0 saturated carbocycles. The highest BCUT2D eigenvalue weighted by molar-refractivity contribution is 5.92. The van der Waals surface area contributed by atoms with Gasteiger partial charge in [0.15, 0.2) is 0 Å². The van der Waals surface area contributed by atoms with E-state index in [0.717, 1.165) is 12.1 Å². The molecule has 1 aromatic heterocycles. The third-order valence-corrected chi connectivity index (χ3v) is 4.63. The summed E-state index contributed by atoms with van der Waals surface area (Å²) < 4.78 is 0. The van der Waals surface area contributed by atoms with E-state index in [1.807, 2.05) is 13.8 Å². The van der Waals surface area contributed by atoms with E-state index in [-0.39, 0.29) is 30.1 Å². The number of hydrogen-bond donors (Lipinski definition) is 1. The first-order valence-electron chi connectivity index (χ1n) is 9.07. The highest BCUT2D eigenvalue weighted by Gasteiger charge is 2.26. The topological polar surface area (TPSA) is 109 Å². The molecule has 3 amide bonds. The molecule has 1 aliphatic rings. The van der Waals surface area contributed by atoms with Crippen molar-refractivity contribution in [2.75, 3.05) is 26.2 Å². The quantitative estimate of drug-likeness (QED) is 0.771. The Bertz CT molecular complexity index is 639. The van der Waals surface area contributed by atoms with Gasteiger partial charge in [0, 0.05) is 44.7 Å². The summed E-state index contributed by atoms with van der Waals surface area (Å²) in [5.41, 5.74) is 6.36. The lowest BCUT2D eigenvalue weighted by Gasteiger charge is -2.31. The van der Waals surface area contributed by atoms with Crippen LogP contribution in [0.15, 0.2) is 12.4 Å². The number of piperidine rings is 1. The van der Waals surface area contributed by atoms with Crippen molar-refractivity contribution < 1.29 is 14.4 Å². The average molecular weight is 361 g/mol. The van der Waals surface area contributed by atoms with Gasteiger partial charge in [-0.15, -0.1) is 0 Å². The minimum absolute atomic E-state index is 0.00295. The number of hydrogen-bond acceptors (Lipinski definition) is 5. The zero-order valence-electron chi connectivity index (χ0n) is 15.5. The second kappa shape index (κ2) is 9.26. The Morgan fingerprint density at radius 2 is 1.88 bits per heavy atom. The summed E-state index contributed by atoms with van der Waals surface area (Å²) >= 11 is 0. The molecule has 1 fully saturated rings. The Kier molecular flexibility index (Phi) is 7.06. The zero-order valence-corrected chi connectivity index (χ0v) is 15.5. The minimum atomic E-state index is -0.295. The van der Waals surface area contributed by atoms with Crippen LogP contribution in [0.3, 0.4) is 0 Å². The van der Waals surface area contributed by atoms with Crippen LogP contribution in [-0.2, 0) is 9.59 Å². The molecule has 0 radical (unpaired) electrons. The highest BCUT2D eigenvalue weighted by Crippen LogP contribution is 2.17. The number of aryl methyl sites for hydroxylation is 1. The van der Waals surface area contributed by atoms with Crippen LogP contribution in [0.4, 0.5) is 0 Å². The zero-order chi connectivity index (χ0) is 19.1. The number of carbonyl (C=O) groups is 3. The molecule has 0 unspecified atom stereocenters. The summed E-state index contributed by atoms with van der Waals surface area (Å²) in [4.78, 5) is 47.9. The predicted molar refractivity (Wildman–Crippen MR) is 96.1 cm³/mol. The number of primary amides is 1. The van der Waals surface area contributed by atoms with Crippen molar-refractivity contribution in [3.05, 3.63) is 23.8 Å². The third kappa shape index (κ3) is 5.24. The Morgan fingerprint density at radius 3 is 2.42 bits per heavy atom. The lowest BCUT2D eigenvalue weighted by molar-refractivity contribution is -0.135. The molecular weight excluding hydrogens is 334 g/mol. The smallest absolute Gasteiger partial charge is 0.274 e. The van der Waals surface area contributed by atoms with Crippen LogP contribution in [0.5, 0.6) is 0 Å². The van der Waals surface area contributed by atoms with Crippen LogP contribution in [0.1, 0.15) is 48.8 Å². The van der Waals surface area contributed by atoms with Gasteiger partial charge in [-0.25, -0.2) is 4.98 Å². The second-order valence-electron chi connectivity index (χ2n) is 6.64. The molecular formula is C18H27N5O3. The molecule has 26 heavy (non-hydrogen) atoms. The van der Waals surface area contributed by atoms with E-state index in [1.54, 1.807) is 16.0 Å². The lowest BCUT2D eigenvalue weighted by atomic mass is 9.96. The number of carbonyl (C=O) groups excluding carboxylic acids is 3. The summed E-state index contributed by atoms with van der Waals surface area (Å²) in [5, 5.41) is 0. The van der Waals surface area contributed by atoms with Crippen LogP contribution >= 0.6 is 0 Å². The van der Waals surface area contributed by atoms with E-state index >= 15 is 0 Å². The Hall–Kier alpha value is -2.51.